The van der Waals surface area contributed by atoms with Gasteiger partial charge in [0.2, 0.25) is 0 Å². The van der Waals surface area contributed by atoms with Crippen LogP contribution in [0.2, 0.25) is 5.02 Å². The normalized spacial score (nSPS) is 10.9. The van der Waals surface area contributed by atoms with E-state index in [0.29, 0.717) is 40.7 Å². The molecule has 0 spiro atoms. The number of hydrogen-bond acceptors (Lipinski definition) is 4. The van der Waals surface area contributed by atoms with Crippen LogP contribution in [0.3, 0.4) is 0 Å². The zero-order valence-corrected chi connectivity index (χ0v) is 17.9. The molecule has 2 N–H and O–H groups in total. The Balaban J connectivity index is 1.61. The number of hydrogen-bond donors (Lipinski definition) is 2. The fraction of sp³-hybridized carbons (Fsp3) is 0.286. The molecule has 0 aliphatic rings. The Hall–Kier alpha value is -2.64. The summed E-state index contributed by atoms with van der Waals surface area (Å²) in [6.07, 6.45) is 0.574. The highest BCUT2D eigenvalue weighted by atomic mass is 35.5. The van der Waals surface area contributed by atoms with Gasteiger partial charge in [-0.3, -0.25) is 9.89 Å². The molecule has 0 saturated heterocycles. The topological polar surface area (TPSA) is 71.9 Å². The van der Waals surface area contributed by atoms with Crippen LogP contribution in [0, 0.1) is 4.77 Å². The van der Waals surface area contributed by atoms with Gasteiger partial charge in [0.15, 0.2) is 4.77 Å². The van der Waals surface area contributed by atoms with Gasteiger partial charge in [-0.2, -0.15) is 5.10 Å². The molecule has 0 aliphatic heterocycles. The molecule has 3 aromatic rings. The Morgan fingerprint density at radius 2 is 1.97 bits per heavy atom. The predicted octanol–water partition coefficient (Wildman–Crippen LogP) is 4.73. The van der Waals surface area contributed by atoms with Crippen LogP contribution in [0.5, 0.6) is 5.75 Å². The maximum atomic E-state index is 12.7. The lowest BCUT2D eigenvalue weighted by Gasteiger charge is -2.13. The summed E-state index contributed by atoms with van der Waals surface area (Å²) in [5.41, 5.74) is 1.46. The van der Waals surface area contributed by atoms with E-state index in [0.717, 1.165) is 11.4 Å². The van der Waals surface area contributed by atoms with Gasteiger partial charge in [0.1, 0.15) is 18.2 Å². The molecule has 6 nitrogen and oxygen atoms in total. The summed E-state index contributed by atoms with van der Waals surface area (Å²) in [5.74, 6) is 1.16. The minimum atomic E-state index is -0.193. The Morgan fingerprint density at radius 1 is 1.24 bits per heavy atom. The number of carbonyl (C=O) groups is 1. The van der Waals surface area contributed by atoms with E-state index in [1.54, 1.807) is 12.1 Å². The maximum Gasteiger partial charge on any atom is 0.255 e. The van der Waals surface area contributed by atoms with Gasteiger partial charge >= 0.3 is 0 Å². The number of aromatic amines is 1. The van der Waals surface area contributed by atoms with Crippen molar-refractivity contribution in [2.75, 3.05) is 6.54 Å². The highest BCUT2D eigenvalue weighted by Crippen LogP contribution is 2.20. The third kappa shape index (κ3) is 5.46. The first-order chi connectivity index (χ1) is 14.0. The quantitative estimate of drug-likeness (QED) is 0.507. The van der Waals surface area contributed by atoms with E-state index < -0.39 is 0 Å². The monoisotopic (exact) mass is 430 g/mol. The van der Waals surface area contributed by atoms with Crippen molar-refractivity contribution in [3.8, 4) is 5.75 Å². The van der Waals surface area contributed by atoms with E-state index in [-0.39, 0.29) is 11.9 Å². The molecule has 1 heterocycles. The van der Waals surface area contributed by atoms with Crippen molar-refractivity contribution in [3.05, 3.63) is 75.3 Å². The van der Waals surface area contributed by atoms with Crippen LogP contribution in [0.1, 0.15) is 41.6 Å². The first-order valence-electron chi connectivity index (χ1n) is 9.36. The van der Waals surface area contributed by atoms with E-state index in [2.05, 4.69) is 15.5 Å². The lowest BCUT2D eigenvalue weighted by atomic mass is 10.2. The molecule has 0 saturated carbocycles. The molecule has 0 aliphatic carbocycles. The third-order valence-corrected chi connectivity index (χ3v) is 4.91. The maximum absolute atomic E-state index is 12.7. The first-order valence-corrected chi connectivity index (χ1v) is 10.1. The van der Waals surface area contributed by atoms with Crippen LogP contribution in [-0.4, -0.2) is 27.2 Å². The van der Waals surface area contributed by atoms with Crippen molar-refractivity contribution in [2.24, 2.45) is 0 Å². The summed E-state index contributed by atoms with van der Waals surface area (Å²) < 4.78 is 8.40. The number of ether oxygens (including phenoxy) is 1. The number of amides is 1. The van der Waals surface area contributed by atoms with E-state index in [4.69, 9.17) is 28.6 Å². The molecular formula is C21H23ClN4O2S. The fourth-order valence-corrected chi connectivity index (χ4v) is 3.44. The Kier molecular flexibility index (Phi) is 7.06. The molecule has 1 aromatic heterocycles. The lowest BCUT2D eigenvalue weighted by Crippen LogP contribution is -2.27. The fourth-order valence-electron chi connectivity index (χ4n) is 2.95. The zero-order valence-electron chi connectivity index (χ0n) is 16.3. The third-order valence-electron chi connectivity index (χ3n) is 4.37. The number of H-pyrrole nitrogens is 1. The van der Waals surface area contributed by atoms with Crippen LogP contribution >= 0.6 is 23.8 Å². The van der Waals surface area contributed by atoms with Gasteiger partial charge in [0.05, 0.1) is 5.56 Å². The van der Waals surface area contributed by atoms with Crippen molar-refractivity contribution < 1.29 is 9.53 Å². The van der Waals surface area contributed by atoms with E-state index in [1.807, 2.05) is 54.8 Å². The van der Waals surface area contributed by atoms with Crippen LogP contribution in [0.15, 0.2) is 48.5 Å². The number of carbonyl (C=O) groups excluding carboxylic acids is 1. The number of halogens is 1. The summed E-state index contributed by atoms with van der Waals surface area (Å²) in [7, 11) is 0. The van der Waals surface area contributed by atoms with Crippen molar-refractivity contribution in [3.63, 3.8) is 0 Å². The summed E-state index contributed by atoms with van der Waals surface area (Å²) in [4.78, 5) is 12.7. The number of nitrogens with zero attached hydrogens (tertiary/aromatic N) is 2. The molecule has 8 heteroatoms. The smallest absolute Gasteiger partial charge is 0.255 e. The highest BCUT2D eigenvalue weighted by molar-refractivity contribution is 7.71. The second-order valence-corrected chi connectivity index (χ2v) is 7.65. The Bertz CT molecular complexity index is 1030. The molecule has 0 unspecified atom stereocenters. The van der Waals surface area contributed by atoms with Gasteiger partial charge in [0, 0.05) is 24.0 Å². The Morgan fingerprint density at radius 3 is 2.69 bits per heavy atom. The minimum absolute atomic E-state index is 0.193. The van der Waals surface area contributed by atoms with Crippen LogP contribution < -0.4 is 10.1 Å². The number of nitrogens with one attached hydrogen (secondary N) is 2. The standard InChI is InChI=1S/C21H23ClN4O2S/c1-14(2)26-19(24-25-21(26)29)11-12-23-20(27)17-5-3-4-6-18(17)28-13-15-7-9-16(22)10-8-15/h3-10,14H,11-13H2,1-2H3,(H,23,27)(H,25,29). The Labute approximate surface area is 179 Å². The number of para-hydroxylation sites is 1. The van der Waals surface area contributed by atoms with Crippen molar-refractivity contribution in [1.82, 2.24) is 20.1 Å². The minimum Gasteiger partial charge on any atom is -0.488 e. The zero-order chi connectivity index (χ0) is 20.8. The molecule has 152 valence electrons. The molecule has 0 fully saturated rings. The van der Waals surface area contributed by atoms with Crippen molar-refractivity contribution in [1.29, 1.82) is 0 Å². The number of rotatable bonds is 8. The largest absolute Gasteiger partial charge is 0.488 e. The van der Waals surface area contributed by atoms with Crippen LogP contribution in [0.4, 0.5) is 0 Å². The van der Waals surface area contributed by atoms with Crippen molar-refractivity contribution >= 4 is 29.7 Å². The van der Waals surface area contributed by atoms with Crippen molar-refractivity contribution in [2.45, 2.75) is 32.9 Å². The number of benzene rings is 2. The average molecular weight is 431 g/mol. The van der Waals surface area contributed by atoms with E-state index in [1.165, 1.54) is 0 Å². The second kappa shape index (κ2) is 9.71. The molecule has 0 radical (unpaired) electrons. The van der Waals surface area contributed by atoms with Gasteiger partial charge in [0.25, 0.3) is 5.91 Å². The SMILES string of the molecule is CC(C)n1c(CCNC(=O)c2ccccc2OCc2ccc(Cl)cc2)n[nH]c1=S. The first kappa shape index (κ1) is 21.1. The van der Waals surface area contributed by atoms with E-state index >= 15 is 0 Å². The molecule has 29 heavy (non-hydrogen) atoms. The molecule has 2 aromatic carbocycles. The summed E-state index contributed by atoms with van der Waals surface area (Å²) in [6.45, 7) is 4.88. The highest BCUT2D eigenvalue weighted by Gasteiger charge is 2.14. The second-order valence-electron chi connectivity index (χ2n) is 6.83. The molecule has 0 bridgehead atoms. The predicted molar refractivity (Wildman–Crippen MR) is 116 cm³/mol. The van der Waals surface area contributed by atoms with E-state index in [9.17, 15) is 4.79 Å². The van der Waals surface area contributed by atoms with Crippen LogP contribution in [0.25, 0.3) is 0 Å². The lowest BCUT2D eigenvalue weighted by molar-refractivity contribution is 0.0949. The molecular weight excluding hydrogens is 408 g/mol. The van der Waals surface area contributed by atoms with Gasteiger partial charge < -0.3 is 14.6 Å². The summed E-state index contributed by atoms with van der Waals surface area (Å²) >= 11 is 11.2. The average Bonchev–Trinajstić information content (AvgIpc) is 3.08. The molecule has 0 atom stereocenters. The van der Waals surface area contributed by atoms with Gasteiger partial charge in [-0.05, 0) is 55.9 Å². The van der Waals surface area contributed by atoms with Gasteiger partial charge in [-0.15, -0.1) is 0 Å². The molecule has 1 amide bonds. The van der Waals surface area contributed by atoms with Crippen LogP contribution in [-0.2, 0) is 13.0 Å². The van der Waals surface area contributed by atoms with Gasteiger partial charge in [-0.1, -0.05) is 35.9 Å². The summed E-state index contributed by atoms with van der Waals surface area (Å²) in [5, 5.41) is 10.7. The van der Waals surface area contributed by atoms with Gasteiger partial charge in [-0.25, -0.2) is 0 Å². The number of aromatic nitrogens is 3. The molecule has 3 rings (SSSR count). The summed E-state index contributed by atoms with van der Waals surface area (Å²) in [6, 6.07) is 14.8.